The van der Waals surface area contributed by atoms with Gasteiger partial charge >= 0.3 is 6.61 Å². The Balaban J connectivity index is 2.32. The summed E-state index contributed by atoms with van der Waals surface area (Å²) < 4.78 is 35.5. The summed E-state index contributed by atoms with van der Waals surface area (Å²) in [6.07, 6.45) is 0. The topological polar surface area (TPSA) is 47.6 Å². The number of anilines is 1. The van der Waals surface area contributed by atoms with Gasteiger partial charge < -0.3 is 14.8 Å². The summed E-state index contributed by atoms with van der Waals surface area (Å²) in [5, 5.41) is 2.65. The molecule has 0 aromatic heterocycles. The lowest BCUT2D eigenvalue weighted by molar-refractivity contribution is -0.0515. The first-order chi connectivity index (χ1) is 10.9. The zero-order valence-electron chi connectivity index (χ0n) is 12.4. The predicted molar refractivity (Wildman–Crippen MR) is 86.5 cm³/mol. The molecular weight excluding hydrogens is 372 g/mol. The number of alkyl halides is 2. The van der Waals surface area contributed by atoms with Crippen molar-refractivity contribution >= 4 is 27.5 Å². The number of hydrogen-bond acceptors (Lipinski definition) is 3. The molecule has 2 aromatic rings. The SMILES string of the molecule is COc1cccc(C(=O)Nc2ccc(Br)c(C)c2)c1OC(F)F. The molecule has 0 fully saturated rings. The summed E-state index contributed by atoms with van der Waals surface area (Å²) in [5.74, 6) is -0.803. The van der Waals surface area contributed by atoms with Crippen molar-refractivity contribution in [1.82, 2.24) is 0 Å². The van der Waals surface area contributed by atoms with Crippen molar-refractivity contribution in [2.24, 2.45) is 0 Å². The lowest BCUT2D eigenvalue weighted by atomic mass is 10.1. The monoisotopic (exact) mass is 385 g/mol. The van der Waals surface area contributed by atoms with Gasteiger partial charge in [-0.2, -0.15) is 8.78 Å². The van der Waals surface area contributed by atoms with Crippen LogP contribution in [0, 0.1) is 6.92 Å². The number of carbonyl (C=O) groups is 1. The van der Waals surface area contributed by atoms with E-state index >= 15 is 0 Å². The fraction of sp³-hybridized carbons (Fsp3) is 0.188. The highest BCUT2D eigenvalue weighted by Gasteiger charge is 2.20. The van der Waals surface area contributed by atoms with E-state index in [1.165, 1.54) is 25.3 Å². The normalized spacial score (nSPS) is 10.5. The van der Waals surface area contributed by atoms with Gasteiger partial charge in [0.1, 0.15) is 0 Å². The van der Waals surface area contributed by atoms with Gasteiger partial charge in [-0.3, -0.25) is 4.79 Å². The van der Waals surface area contributed by atoms with Gasteiger partial charge in [-0.05, 0) is 42.8 Å². The summed E-state index contributed by atoms with van der Waals surface area (Å²) in [5.41, 5.74) is 1.43. The molecule has 7 heteroatoms. The summed E-state index contributed by atoms with van der Waals surface area (Å²) in [6.45, 7) is -1.19. The van der Waals surface area contributed by atoms with Crippen LogP contribution < -0.4 is 14.8 Å². The molecule has 0 atom stereocenters. The van der Waals surface area contributed by atoms with Crippen LogP contribution in [0.5, 0.6) is 11.5 Å². The number of para-hydroxylation sites is 1. The van der Waals surface area contributed by atoms with Gasteiger partial charge in [-0.25, -0.2) is 0 Å². The highest BCUT2D eigenvalue weighted by molar-refractivity contribution is 9.10. The van der Waals surface area contributed by atoms with Gasteiger partial charge in [0.05, 0.1) is 12.7 Å². The van der Waals surface area contributed by atoms with Crippen LogP contribution in [0.15, 0.2) is 40.9 Å². The minimum Gasteiger partial charge on any atom is -0.493 e. The molecule has 2 aromatic carbocycles. The lowest BCUT2D eigenvalue weighted by Gasteiger charge is -2.14. The third-order valence-corrected chi connectivity index (χ3v) is 3.96. The van der Waals surface area contributed by atoms with E-state index < -0.39 is 12.5 Å². The van der Waals surface area contributed by atoms with Crippen molar-refractivity contribution in [3.63, 3.8) is 0 Å². The Kier molecular flexibility index (Phi) is 5.54. The Morgan fingerprint density at radius 1 is 1.26 bits per heavy atom. The molecular formula is C16H14BrF2NO3. The van der Waals surface area contributed by atoms with E-state index in [2.05, 4.69) is 26.0 Å². The van der Waals surface area contributed by atoms with Crippen molar-refractivity contribution in [3.8, 4) is 11.5 Å². The molecule has 0 aliphatic rings. The molecule has 122 valence electrons. The zero-order chi connectivity index (χ0) is 17.0. The first-order valence-corrected chi connectivity index (χ1v) is 7.41. The Labute approximate surface area is 140 Å². The molecule has 0 unspecified atom stereocenters. The molecule has 0 saturated carbocycles. The van der Waals surface area contributed by atoms with Crippen LogP contribution in [-0.2, 0) is 0 Å². The summed E-state index contributed by atoms with van der Waals surface area (Å²) in [4.78, 5) is 12.4. The number of nitrogens with one attached hydrogen (secondary N) is 1. The number of methoxy groups -OCH3 is 1. The molecule has 0 saturated heterocycles. The average Bonchev–Trinajstić information content (AvgIpc) is 2.50. The summed E-state index contributed by atoms with van der Waals surface area (Å²) >= 11 is 3.37. The van der Waals surface area contributed by atoms with E-state index in [-0.39, 0.29) is 17.1 Å². The first kappa shape index (κ1) is 17.2. The number of aryl methyl sites for hydroxylation is 1. The molecule has 1 amide bonds. The van der Waals surface area contributed by atoms with E-state index in [0.717, 1.165) is 10.0 Å². The third-order valence-electron chi connectivity index (χ3n) is 3.07. The second-order valence-electron chi connectivity index (χ2n) is 4.63. The Morgan fingerprint density at radius 2 is 2.00 bits per heavy atom. The van der Waals surface area contributed by atoms with E-state index in [9.17, 15) is 13.6 Å². The fourth-order valence-corrected chi connectivity index (χ4v) is 2.23. The molecule has 2 rings (SSSR count). The Morgan fingerprint density at radius 3 is 2.61 bits per heavy atom. The van der Waals surface area contributed by atoms with Crippen molar-refractivity contribution in [2.45, 2.75) is 13.5 Å². The fourth-order valence-electron chi connectivity index (χ4n) is 1.99. The largest absolute Gasteiger partial charge is 0.493 e. The molecule has 0 aliphatic heterocycles. The van der Waals surface area contributed by atoms with Crippen molar-refractivity contribution in [1.29, 1.82) is 0 Å². The van der Waals surface area contributed by atoms with Crippen LogP contribution >= 0.6 is 15.9 Å². The van der Waals surface area contributed by atoms with Crippen LogP contribution in [0.25, 0.3) is 0 Å². The maximum atomic E-state index is 12.6. The number of carbonyl (C=O) groups excluding carboxylic acids is 1. The number of benzene rings is 2. The van der Waals surface area contributed by atoms with Gasteiger partial charge in [0, 0.05) is 10.2 Å². The number of ether oxygens (including phenoxy) is 2. The van der Waals surface area contributed by atoms with Gasteiger partial charge in [0.15, 0.2) is 11.5 Å². The zero-order valence-corrected chi connectivity index (χ0v) is 14.0. The minimum atomic E-state index is -3.06. The smallest absolute Gasteiger partial charge is 0.387 e. The summed E-state index contributed by atoms with van der Waals surface area (Å²) in [7, 11) is 1.31. The van der Waals surface area contributed by atoms with Crippen LogP contribution in [-0.4, -0.2) is 19.6 Å². The highest BCUT2D eigenvalue weighted by atomic mass is 79.9. The van der Waals surface area contributed by atoms with E-state index in [4.69, 9.17) is 4.74 Å². The predicted octanol–water partition coefficient (Wildman–Crippen LogP) is 4.62. The maximum Gasteiger partial charge on any atom is 0.387 e. The van der Waals surface area contributed by atoms with Crippen LogP contribution in [0.4, 0.5) is 14.5 Å². The molecule has 0 aliphatic carbocycles. The standard InChI is InChI=1S/C16H14BrF2NO3/c1-9-8-10(6-7-12(9)17)20-15(21)11-4-3-5-13(22-2)14(11)23-16(18)19/h3-8,16H,1-2H3,(H,20,21). The maximum absolute atomic E-state index is 12.6. The first-order valence-electron chi connectivity index (χ1n) is 6.61. The number of hydrogen-bond donors (Lipinski definition) is 1. The molecule has 1 N–H and O–H groups in total. The van der Waals surface area contributed by atoms with E-state index in [1.807, 2.05) is 6.92 Å². The van der Waals surface area contributed by atoms with Gasteiger partial charge in [0.25, 0.3) is 5.91 Å². The number of halogens is 3. The molecule has 4 nitrogen and oxygen atoms in total. The number of amides is 1. The molecule has 0 bridgehead atoms. The minimum absolute atomic E-state index is 0.0368. The lowest BCUT2D eigenvalue weighted by Crippen LogP contribution is -2.15. The van der Waals surface area contributed by atoms with Crippen LogP contribution in [0.3, 0.4) is 0 Å². The van der Waals surface area contributed by atoms with Gasteiger partial charge in [-0.15, -0.1) is 0 Å². The average molecular weight is 386 g/mol. The second kappa shape index (κ2) is 7.41. The van der Waals surface area contributed by atoms with Crippen molar-refractivity contribution in [3.05, 3.63) is 52.0 Å². The highest BCUT2D eigenvalue weighted by Crippen LogP contribution is 2.33. The van der Waals surface area contributed by atoms with Crippen molar-refractivity contribution < 1.29 is 23.0 Å². The molecule has 0 radical (unpaired) electrons. The molecule has 0 heterocycles. The Bertz CT molecular complexity index is 722. The quantitative estimate of drug-likeness (QED) is 0.816. The third kappa shape index (κ3) is 4.19. The molecule has 23 heavy (non-hydrogen) atoms. The number of rotatable bonds is 5. The second-order valence-corrected chi connectivity index (χ2v) is 5.49. The molecule has 0 spiro atoms. The van der Waals surface area contributed by atoms with E-state index in [1.54, 1.807) is 18.2 Å². The van der Waals surface area contributed by atoms with Crippen LogP contribution in [0.2, 0.25) is 0 Å². The van der Waals surface area contributed by atoms with Crippen molar-refractivity contribution in [2.75, 3.05) is 12.4 Å². The van der Waals surface area contributed by atoms with Crippen LogP contribution in [0.1, 0.15) is 15.9 Å². The van der Waals surface area contributed by atoms with Gasteiger partial charge in [-0.1, -0.05) is 22.0 Å². The van der Waals surface area contributed by atoms with Gasteiger partial charge in [0.2, 0.25) is 0 Å². The van der Waals surface area contributed by atoms with E-state index in [0.29, 0.717) is 5.69 Å². The Hall–Kier alpha value is -2.15. The summed E-state index contributed by atoms with van der Waals surface area (Å²) in [6, 6.07) is 9.60.